The number of aromatic nitrogens is 3. The maximum absolute atomic E-state index is 5.57. The van der Waals surface area contributed by atoms with Gasteiger partial charge in [-0.25, -0.2) is 0 Å². The second-order valence-electron chi connectivity index (χ2n) is 3.98. The zero-order chi connectivity index (χ0) is 12.4. The highest BCUT2D eigenvalue weighted by Crippen LogP contribution is 2.27. The van der Waals surface area contributed by atoms with Gasteiger partial charge in [-0.05, 0) is 6.54 Å². The zero-order valence-corrected chi connectivity index (χ0v) is 10.6. The van der Waals surface area contributed by atoms with E-state index in [0.29, 0.717) is 6.54 Å². The van der Waals surface area contributed by atoms with Gasteiger partial charge in [0.1, 0.15) is 0 Å². The molecular formula is C12H13N5S. The van der Waals surface area contributed by atoms with Crippen LogP contribution in [0.15, 0.2) is 40.6 Å². The molecular weight excluding hydrogens is 246 g/mol. The lowest BCUT2D eigenvalue weighted by atomic mass is 10.2. The molecule has 0 radical (unpaired) electrons. The van der Waals surface area contributed by atoms with E-state index in [1.807, 2.05) is 35.0 Å². The van der Waals surface area contributed by atoms with Crippen molar-refractivity contribution in [2.45, 2.75) is 11.6 Å². The van der Waals surface area contributed by atoms with E-state index >= 15 is 0 Å². The maximum atomic E-state index is 5.57. The molecule has 1 aliphatic rings. The van der Waals surface area contributed by atoms with Gasteiger partial charge in [0.2, 0.25) is 5.16 Å². The third-order valence-electron chi connectivity index (χ3n) is 2.69. The first kappa shape index (κ1) is 11.4. The summed E-state index contributed by atoms with van der Waals surface area (Å²) in [5.41, 5.74) is 7.69. The molecule has 0 saturated carbocycles. The van der Waals surface area contributed by atoms with Gasteiger partial charge in [0.05, 0.1) is 5.71 Å². The Labute approximate surface area is 109 Å². The van der Waals surface area contributed by atoms with Crippen LogP contribution in [0.25, 0.3) is 11.4 Å². The number of hydrogen-bond acceptors (Lipinski definition) is 5. The summed E-state index contributed by atoms with van der Waals surface area (Å²) in [6.07, 6.45) is 0.818. The van der Waals surface area contributed by atoms with Gasteiger partial charge in [-0.2, -0.15) is 9.78 Å². The van der Waals surface area contributed by atoms with Crippen LogP contribution in [0.3, 0.4) is 0 Å². The summed E-state index contributed by atoms with van der Waals surface area (Å²) in [5, 5.41) is 13.8. The molecule has 0 amide bonds. The summed E-state index contributed by atoms with van der Waals surface area (Å²) in [6, 6.07) is 9.97. The molecule has 0 unspecified atom stereocenters. The second kappa shape index (κ2) is 4.91. The van der Waals surface area contributed by atoms with E-state index in [1.165, 1.54) is 0 Å². The fourth-order valence-electron chi connectivity index (χ4n) is 1.82. The van der Waals surface area contributed by atoms with Crippen molar-refractivity contribution in [2.75, 3.05) is 12.3 Å². The molecule has 1 aromatic heterocycles. The monoisotopic (exact) mass is 259 g/mol. The predicted octanol–water partition coefficient (Wildman–Crippen LogP) is 1.60. The fourth-order valence-corrected chi connectivity index (χ4v) is 2.67. The highest BCUT2D eigenvalue weighted by molar-refractivity contribution is 7.99. The molecule has 0 spiro atoms. The van der Waals surface area contributed by atoms with Gasteiger partial charge in [-0.15, -0.1) is 10.2 Å². The lowest BCUT2D eigenvalue weighted by molar-refractivity contribution is 0.755. The normalized spacial score (nSPS) is 14.2. The van der Waals surface area contributed by atoms with Crippen LogP contribution in [0.1, 0.15) is 6.42 Å². The van der Waals surface area contributed by atoms with E-state index in [4.69, 9.17) is 5.73 Å². The largest absolute Gasteiger partial charge is 0.330 e. The Morgan fingerprint density at radius 1 is 1.22 bits per heavy atom. The van der Waals surface area contributed by atoms with Crippen molar-refractivity contribution in [1.82, 2.24) is 14.9 Å². The average molecular weight is 259 g/mol. The van der Waals surface area contributed by atoms with Gasteiger partial charge < -0.3 is 5.73 Å². The summed E-state index contributed by atoms with van der Waals surface area (Å²) in [5.74, 6) is 1.64. The molecule has 18 heavy (non-hydrogen) atoms. The molecule has 92 valence electrons. The predicted molar refractivity (Wildman–Crippen MR) is 72.7 cm³/mol. The van der Waals surface area contributed by atoms with Gasteiger partial charge in [-0.3, -0.25) is 0 Å². The van der Waals surface area contributed by atoms with Gasteiger partial charge in [0.25, 0.3) is 0 Å². The summed E-state index contributed by atoms with van der Waals surface area (Å²) in [6.45, 7) is 0.623. The third-order valence-corrected chi connectivity index (χ3v) is 3.68. The van der Waals surface area contributed by atoms with E-state index in [-0.39, 0.29) is 0 Å². The third kappa shape index (κ3) is 2.04. The van der Waals surface area contributed by atoms with Crippen LogP contribution in [0.5, 0.6) is 0 Å². The Balaban J connectivity index is 2.03. The quantitative estimate of drug-likeness (QED) is 0.909. The van der Waals surface area contributed by atoms with Crippen molar-refractivity contribution in [1.29, 1.82) is 0 Å². The number of benzene rings is 1. The SMILES string of the molecule is NCCC1=Nn2c(nnc2-c2ccccc2)SC1. The molecule has 0 atom stereocenters. The Bertz CT molecular complexity index is 575. The summed E-state index contributed by atoms with van der Waals surface area (Å²) in [7, 11) is 0. The van der Waals surface area contributed by atoms with Crippen LogP contribution in [-0.4, -0.2) is 32.9 Å². The van der Waals surface area contributed by atoms with Crippen LogP contribution >= 0.6 is 11.8 Å². The number of nitrogens with zero attached hydrogens (tertiary/aromatic N) is 4. The second-order valence-corrected chi connectivity index (χ2v) is 4.92. The van der Waals surface area contributed by atoms with Crippen molar-refractivity contribution >= 4 is 17.5 Å². The van der Waals surface area contributed by atoms with Crippen LogP contribution in [0, 0.1) is 0 Å². The van der Waals surface area contributed by atoms with E-state index in [0.717, 1.165) is 34.4 Å². The molecule has 3 rings (SSSR count). The maximum Gasteiger partial charge on any atom is 0.212 e. The smallest absolute Gasteiger partial charge is 0.212 e. The first-order valence-electron chi connectivity index (χ1n) is 5.79. The molecule has 0 bridgehead atoms. The van der Waals surface area contributed by atoms with Gasteiger partial charge >= 0.3 is 0 Å². The van der Waals surface area contributed by atoms with Gasteiger partial charge in [0.15, 0.2) is 5.82 Å². The molecule has 0 saturated heterocycles. The number of hydrogen-bond donors (Lipinski definition) is 1. The van der Waals surface area contributed by atoms with Crippen LogP contribution in [-0.2, 0) is 0 Å². The lowest BCUT2D eigenvalue weighted by Gasteiger charge is -2.12. The number of thioether (sulfide) groups is 1. The molecule has 2 aromatic rings. The molecule has 1 aliphatic heterocycles. The highest BCUT2D eigenvalue weighted by Gasteiger charge is 2.19. The summed E-state index contributed by atoms with van der Waals surface area (Å²) in [4.78, 5) is 0. The minimum absolute atomic E-state index is 0.623. The van der Waals surface area contributed by atoms with Crippen molar-refractivity contribution in [3.63, 3.8) is 0 Å². The fraction of sp³-hybridized carbons (Fsp3) is 0.250. The summed E-state index contributed by atoms with van der Waals surface area (Å²) >= 11 is 1.66. The van der Waals surface area contributed by atoms with Crippen LogP contribution in [0.4, 0.5) is 0 Å². The Morgan fingerprint density at radius 2 is 2.06 bits per heavy atom. The highest BCUT2D eigenvalue weighted by atomic mass is 32.2. The van der Waals surface area contributed by atoms with Crippen molar-refractivity contribution < 1.29 is 0 Å². The van der Waals surface area contributed by atoms with Gasteiger partial charge in [-0.1, -0.05) is 42.1 Å². The molecule has 2 heterocycles. The van der Waals surface area contributed by atoms with E-state index in [9.17, 15) is 0 Å². The Hall–Kier alpha value is -1.66. The van der Waals surface area contributed by atoms with Crippen molar-refractivity contribution in [3.05, 3.63) is 30.3 Å². The number of rotatable bonds is 3. The zero-order valence-electron chi connectivity index (χ0n) is 9.78. The first-order valence-corrected chi connectivity index (χ1v) is 6.77. The topological polar surface area (TPSA) is 69.1 Å². The average Bonchev–Trinajstić information content (AvgIpc) is 2.83. The van der Waals surface area contributed by atoms with Crippen LogP contribution in [0.2, 0.25) is 0 Å². The molecule has 1 aromatic carbocycles. The minimum atomic E-state index is 0.623. The van der Waals surface area contributed by atoms with E-state index in [1.54, 1.807) is 11.8 Å². The minimum Gasteiger partial charge on any atom is -0.330 e. The Kier molecular flexibility index (Phi) is 3.12. The molecule has 0 fully saturated rings. The number of nitrogens with two attached hydrogens (primary N) is 1. The van der Waals surface area contributed by atoms with E-state index < -0.39 is 0 Å². The molecule has 5 nitrogen and oxygen atoms in total. The van der Waals surface area contributed by atoms with Gasteiger partial charge in [0, 0.05) is 17.7 Å². The van der Waals surface area contributed by atoms with E-state index in [2.05, 4.69) is 15.3 Å². The van der Waals surface area contributed by atoms with Crippen molar-refractivity contribution in [3.8, 4) is 11.4 Å². The van der Waals surface area contributed by atoms with Crippen molar-refractivity contribution in [2.24, 2.45) is 10.8 Å². The van der Waals surface area contributed by atoms with Crippen LogP contribution < -0.4 is 5.73 Å². The first-order chi connectivity index (χ1) is 8.88. The standard InChI is InChI=1S/C12H13N5S/c13-7-6-10-8-18-12-15-14-11(17(12)16-10)9-4-2-1-3-5-9/h1-5H,6-8,13H2. The molecule has 0 aliphatic carbocycles. The summed E-state index contributed by atoms with van der Waals surface area (Å²) < 4.78 is 1.81. The molecule has 2 N–H and O–H groups in total. The lowest BCUT2D eigenvalue weighted by Crippen LogP contribution is -2.16. The molecule has 6 heteroatoms. The Morgan fingerprint density at radius 3 is 2.83 bits per heavy atom. The number of fused-ring (bicyclic) bond motifs is 1.